The average molecular weight is 419 g/mol. The predicted molar refractivity (Wildman–Crippen MR) is 64.3 cm³/mol. The van der Waals surface area contributed by atoms with Crippen molar-refractivity contribution in [3.05, 3.63) is 11.1 Å². The third-order valence-electron chi connectivity index (χ3n) is 2.42. The van der Waals surface area contributed by atoms with E-state index in [0.717, 1.165) is 6.42 Å². The molecule has 0 rings (SSSR count). The van der Waals surface area contributed by atoms with Crippen molar-refractivity contribution in [3.8, 4) is 0 Å². The molecule has 0 aliphatic carbocycles. The van der Waals surface area contributed by atoms with Gasteiger partial charge in [0.25, 0.3) is 0 Å². The zero-order valence-corrected chi connectivity index (χ0v) is 15.1. The molecule has 0 saturated heterocycles. The summed E-state index contributed by atoms with van der Waals surface area (Å²) in [6.07, 6.45) is 1.97. The van der Waals surface area contributed by atoms with Gasteiger partial charge in [0.05, 0.1) is 0 Å². The standard InChI is InChI=1S/C13H20O4.Hf/c1-5-7-11(14)9(3)10(4)13(16)17-12(15)8-6-2;/h5-8H2,1-4H3;. The second kappa shape index (κ2) is 10.4. The molecule has 0 aliphatic rings. The summed E-state index contributed by atoms with van der Waals surface area (Å²) >= 11 is 0. The Kier molecular flexibility index (Phi) is 11.4. The average Bonchev–Trinajstić information content (AvgIpc) is 2.27. The van der Waals surface area contributed by atoms with Gasteiger partial charge in [0.1, 0.15) is 0 Å². The number of ether oxygens (including phenoxy) is 1. The number of hydrogen-bond acceptors (Lipinski definition) is 4. The van der Waals surface area contributed by atoms with E-state index in [4.69, 9.17) is 0 Å². The molecule has 0 aromatic carbocycles. The van der Waals surface area contributed by atoms with Crippen LogP contribution < -0.4 is 0 Å². The molecule has 5 heteroatoms. The quantitative estimate of drug-likeness (QED) is 0.288. The minimum atomic E-state index is -0.717. The van der Waals surface area contributed by atoms with Crippen LogP contribution in [0, 0.1) is 0 Å². The van der Waals surface area contributed by atoms with E-state index in [-0.39, 0.29) is 43.6 Å². The zero-order chi connectivity index (χ0) is 13.4. The Morgan fingerprint density at radius 1 is 0.889 bits per heavy atom. The van der Waals surface area contributed by atoms with Crippen LogP contribution in [0.1, 0.15) is 53.4 Å². The second-order valence-corrected chi connectivity index (χ2v) is 3.93. The third-order valence-corrected chi connectivity index (χ3v) is 2.42. The number of Topliss-reactive ketones (excluding diaryl/α,β-unsaturated/α-hetero) is 1. The van der Waals surface area contributed by atoms with Crippen LogP contribution in [0.5, 0.6) is 0 Å². The van der Waals surface area contributed by atoms with Crippen LogP contribution in [0.15, 0.2) is 11.1 Å². The molecule has 0 saturated carbocycles. The Hall–Kier alpha value is -0.580. The summed E-state index contributed by atoms with van der Waals surface area (Å²) in [6, 6.07) is 0. The number of carbonyl (C=O) groups is 3. The summed E-state index contributed by atoms with van der Waals surface area (Å²) in [6.45, 7) is 6.80. The molecule has 0 amide bonds. The molecule has 0 aliphatic heterocycles. The number of esters is 2. The van der Waals surface area contributed by atoms with E-state index in [9.17, 15) is 14.4 Å². The Balaban J connectivity index is 0. The molecule has 0 radical (unpaired) electrons. The number of carbonyl (C=O) groups excluding carboxylic acids is 3. The molecule has 18 heavy (non-hydrogen) atoms. The van der Waals surface area contributed by atoms with E-state index in [2.05, 4.69) is 4.74 Å². The first kappa shape index (κ1) is 19.8. The van der Waals surface area contributed by atoms with Gasteiger partial charge in [-0.25, -0.2) is 4.79 Å². The van der Waals surface area contributed by atoms with E-state index in [1.54, 1.807) is 6.92 Å². The van der Waals surface area contributed by atoms with Gasteiger partial charge in [-0.3, -0.25) is 9.59 Å². The Bertz CT molecular complexity index is 345. The van der Waals surface area contributed by atoms with Gasteiger partial charge in [0.15, 0.2) is 5.78 Å². The summed E-state index contributed by atoms with van der Waals surface area (Å²) in [4.78, 5) is 34.2. The van der Waals surface area contributed by atoms with E-state index < -0.39 is 11.9 Å². The van der Waals surface area contributed by atoms with Gasteiger partial charge in [-0.2, -0.15) is 0 Å². The van der Waals surface area contributed by atoms with Crippen molar-refractivity contribution in [2.75, 3.05) is 0 Å². The van der Waals surface area contributed by atoms with Crippen molar-refractivity contribution < 1.29 is 45.0 Å². The molecule has 0 N–H and O–H groups in total. The fraction of sp³-hybridized carbons (Fsp3) is 0.615. The van der Waals surface area contributed by atoms with E-state index in [1.165, 1.54) is 6.92 Å². The number of ketones is 1. The SMILES string of the molecule is CCCC(=O)OC(=O)C(C)=C(C)C(=O)CCC.[Hf]. The van der Waals surface area contributed by atoms with Crippen LogP contribution in [-0.2, 0) is 45.0 Å². The number of allylic oxidation sites excluding steroid dienone is 1. The molecule has 100 valence electrons. The third kappa shape index (κ3) is 6.99. The van der Waals surface area contributed by atoms with E-state index >= 15 is 0 Å². The largest absolute Gasteiger partial charge is 0.390 e. The smallest absolute Gasteiger partial charge is 0.341 e. The molecule has 0 aromatic rings. The summed E-state index contributed by atoms with van der Waals surface area (Å²) in [5, 5.41) is 0. The molecular formula is C13H20HfO4. The van der Waals surface area contributed by atoms with Gasteiger partial charge < -0.3 is 4.74 Å². The van der Waals surface area contributed by atoms with Gasteiger partial charge in [-0.05, 0) is 26.7 Å². The Morgan fingerprint density at radius 3 is 1.83 bits per heavy atom. The Labute approximate surface area is 127 Å². The zero-order valence-electron chi connectivity index (χ0n) is 11.5. The summed E-state index contributed by atoms with van der Waals surface area (Å²) < 4.78 is 4.61. The van der Waals surface area contributed by atoms with Crippen molar-refractivity contribution in [2.24, 2.45) is 0 Å². The van der Waals surface area contributed by atoms with Gasteiger partial charge in [0.2, 0.25) is 0 Å². The van der Waals surface area contributed by atoms with Crippen molar-refractivity contribution in [2.45, 2.75) is 53.4 Å². The molecule has 0 fully saturated rings. The van der Waals surface area contributed by atoms with Gasteiger partial charge in [-0.15, -0.1) is 0 Å². The van der Waals surface area contributed by atoms with Crippen molar-refractivity contribution in [3.63, 3.8) is 0 Å². The van der Waals surface area contributed by atoms with Gasteiger partial charge >= 0.3 is 11.9 Å². The topological polar surface area (TPSA) is 60.4 Å². The van der Waals surface area contributed by atoms with Crippen molar-refractivity contribution >= 4 is 17.7 Å². The van der Waals surface area contributed by atoms with E-state index in [0.29, 0.717) is 18.4 Å². The van der Waals surface area contributed by atoms with Crippen LogP contribution in [-0.4, -0.2) is 17.7 Å². The fourth-order valence-electron chi connectivity index (χ4n) is 1.21. The van der Waals surface area contributed by atoms with Crippen LogP contribution in [0.4, 0.5) is 0 Å². The molecule has 0 aromatic heterocycles. The summed E-state index contributed by atoms with van der Waals surface area (Å²) in [7, 11) is 0. The minimum Gasteiger partial charge on any atom is -0.390 e. The normalized spacial score (nSPS) is 11.1. The minimum absolute atomic E-state index is 0. The van der Waals surface area contributed by atoms with Crippen LogP contribution in [0.25, 0.3) is 0 Å². The number of hydrogen-bond donors (Lipinski definition) is 0. The Morgan fingerprint density at radius 2 is 1.39 bits per heavy atom. The molecule has 0 unspecified atom stereocenters. The fourth-order valence-corrected chi connectivity index (χ4v) is 1.21. The molecule has 0 atom stereocenters. The molecule has 0 bridgehead atoms. The van der Waals surface area contributed by atoms with Gasteiger partial charge in [0, 0.05) is 49.8 Å². The summed E-state index contributed by atoms with van der Waals surface area (Å²) in [5.41, 5.74) is 0.592. The predicted octanol–water partition coefficient (Wildman–Crippen LogP) is 2.56. The molecular weight excluding hydrogens is 399 g/mol. The first-order valence-electron chi connectivity index (χ1n) is 5.89. The molecule has 0 spiro atoms. The van der Waals surface area contributed by atoms with E-state index in [1.807, 2.05) is 13.8 Å². The van der Waals surface area contributed by atoms with Gasteiger partial charge in [-0.1, -0.05) is 13.8 Å². The summed E-state index contributed by atoms with van der Waals surface area (Å²) in [5.74, 6) is -1.34. The van der Waals surface area contributed by atoms with Crippen molar-refractivity contribution in [1.82, 2.24) is 0 Å². The second-order valence-electron chi connectivity index (χ2n) is 3.93. The maximum absolute atomic E-state index is 11.5. The molecule has 0 heterocycles. The maximum Gasteiger partial charge on any atom is 0.341 e. The number of rotatable bonds is 6. The monoisotopic (exact) mass is 420 g/mol. The van der Waals surface area contributed by atoms with Crippen LogP contribution >= 0.6 is 0 Å². The first-order chi connectivity index (χ1) is 7.93. The van der Waals surface area contributed by atoms with Crippen LogP contribution in [0.3, 0.4) is 0 Å². The molecule has 4 nitrogen and oxygen atoms in total. The van der Waals surface area contributed by atoms with Crippen LogP contribution in [0.2, 0.25) is 0 Å². The van der Waals surface area contributed by atoms with Crippen molar-refractivity contribution in [1.29, 1.82) is 0 Å². The first-order valence-corrected chi connectivity index (χ1v) is 5.89. The maximum atomic E-state index is 11.5.